The summed E-state index contributed by atoms with van der Waals surface area (Å²) in [5.74, 6) is 0.305. The zero-order chi connectivity index (χ0) is 16.8. The number of nitrogens with zero attached hydrogens (tertiary/aromatic N) is 2. The molecule has 0 aliphatic rings. The van der Waals surface area contributed by atoms with Crippen molar-refractivity contribution in [1.29, 1.82) is 0 Å². The largest absolute Gasteiger partial charge is 0.468 e. The summed E-state index contributed by atoms with van der Waals surface area (Å²) in [6, 6.07) is 7.56. The summed E-state index contributed by atoms with van der Waals surface area (Å²) in [6.07, 6.45) is 1.68. The minimum absolute atomic E-state index is 0.213. The fourth-order valence-electron chi connectivity index (χ4n) is 2.13. The van der Waals surface area contributed by atoms with E-state index in [2.05, 4.69) is 15.3 Å². The molecule has 0 amide bonds. The number of hydrogen-bond donors (Lipinski definition) is 1. The quantitative estimate of drug-likeness (QED) is 0.829. The number of nitrogens with one attached hydrogen (secondary N) is 1. The van der Waals surface area contributed by atoms with E-state index in [1.807, 2.05) is 13.8 Å². The molecule has 0 saturated heterocycles. The number of esters is 1. The molecule has 1 N–H and O–H groups in total. The van der Waals surface area contributed by atoms with E-state index in [0.717, 1.165) is 5.82 Å². The summed E-state index contributed by atoms with van der Waals surface area (Å²) in [7, 11) is 1.33. The molecular formula is C17H20FN3O2. The molecule has 1 unspecified atom stereocenters. The average molecular weight is 317 g/mol. The molecule has 5 nitrogen and oxygen atoms in total. The van der Waals surface area contributed by atoms with Gasteiger partial charge in [0.2, 0.25) is 0 Å². The Labute approximate surface area is 134 Å². The maximum Gasteiger partial charge on any atom is 0.314 e. The zero-order valence-electron chi connectivity index (χ0n) is 13.4. The summed E-state index contributed by atoms with van der Waals surface area (Å²) in [4.78, 5) is 20.6. The van der Waals surface area contributed by atoms with Crippen LogP contribution in [0, 0.1) is 5.82 Å². The predicted molar refractivity (Wildman–Crippen MR) is 85.8 cm³/mol. The number of rotatable bonds is 6. The molecule has 23 heavy (non-hydrogen) atoms. The molecule has 0 aliphatic carbocycles. The topological polar surface area (TPSA) is 64.1 Å². The van der Waals surface area contributed by atoms with Crippen molar-refractivity contribution in [3.05, 3.63) is 53.7 Å². The molecule has 2 rings (SSSR count). The Morgan fingerprint density at radius 3 is 2.57 bits per heavy atom. The van der Waals surface area contributed by atoms with Crippen LogP contribution in [0.4, 0.5) is 10.2 Å². The van der Waals surface area contributed by atoms with Crippen molar-refractivity contribution in [3.8, 4) is 0 Å². The second-order valence-electron chi connectivity index (χ2n) is 5.46. The Hall–Kier alpha value is -2.50. The van der Waals surface area contributed by atoms with Crippen LogP contribution < -0.4 is 5.32 Å². The first-order valence-electron chi connectivity index (χ1n) is 7.41. The fourth-order valence-corrected chi connectivity index (χ4v) is 2.13. The van der Waals surface area contributed by atoms with Gasteiger partial charge in [0.1, 0.15) is 17.5 Å². The standard InChI is InChI=1S/C17H20FN3O2/c1-11(2)16-19-9-8-15(21-16)20-10-14(17(22)23-3)12-4-6-13(18)7-5-12/h4-9,11,14H,10H2,1-3H3,(H,19,20,21). The van der Waals surface area contributed by atoms with Crippen LogP contribution in [-0.2, 0) is 9.53 Å². The van der Waals surface area contributed by atoms with Crippen LogP contribution in [0.3, 0.4) is 0 Å². The van der Waals surface area contributed by atoms with Crippen molar-refractivity contribution in [3.63, 3.8) is 0 Å². The molecule has 0 bridgehead atoms. The molecule has 0 aliphatic heterocycles. The van der Waals surface area contributed by atoms with Crippen molar-refractivity contribution >= 4 is 11.8 Å². The van der Waals surface area contributed by atoms with Gasteiger partial charge in [-0.1, -0.05) is 26.0 Å². The SMILES string of the molecule is COC(=O)C(CNc1ccnc(C(C)C)n1)c1ccc(F)cc1. The number of anilines is 1. The molecule has 0 saturated carbocycles. The number of methoxy groups -OCH3 is 1. The third-order valence-electron chi connectivity index (χ3n) is 3.44. The highest BCUT2D eigenvalue weighted by Crippen LogP contribution is 2.19. The Kier molecular flexibility index (Phi) is 5.62. The van der Waals surface area contributed by atoms with Crippen molar-refractivity contribution in [2.45, 2.75) is 25.7 Å². The summed E-state index contributed by atoms with van der Waals surface area (Å²) in [5.41, 5.74) is 0.684. The molecule has 2 aromatic rings. The van der Waals surface area contributed by atoms with Gasteiger partial charge in [-0.3, -0.25) is 4.79 Å². The highest BCUT2D eigenvalue weighted by molar-refractivity contribution is 5.78. The molecule has 0 radical (unpaired) electrons. The summed E-state index contributed by atoms with van der Waals surface area (Å²) < 4.78 is 17.9. The highest BCUT2D eigenvalue weighted by Gasteiger charge is 2.21. The van der Waals surface area contributed by atoms with E-state index >= 15 is 0 Å². The number of hydrogen-bond acceptors (Lipinski definition) is 5. The summed E-state index contributed by atoms with van der Waals surface area (Å²) >= 11 is 0. The average Bonchev–Trinajstić information content (AvgIpc) is 2.56. The van der Waals surface area contributed by atoms with Crippen LogP contribution in [0.15, 0.2) is 36.5 Å². The second kappa shape index (κ2) is 7.67. The fraction of sp³-hybridized carbons (Fsp3) is 0.353. The monoisotopic (exact) mass is 317 g/mol. The first kappa shape index (κ1) is 16.9. The summed E-state index contributed by atoms with van der Waals surface area (Å²) in [6.45, 7) is 4.32. The van der Waals surface area contributed by atoms with Gasteiger partial charge in [-0.05, 0) is 23.8 Å². The maximum absolute atomic E-state index is 13.1. The lowest BCUT2D eigenvalue weighted by atomic mass is 9.99. The van der Waals surface area contributed by atoms with Crippen molar-refractivity contribution < 1.29 is 13.9 Å². The molecule has 0 spiro atoms. The Balaban J connectivity index is 2.14. The van der Waals surface area contributed by atoms with Crippen LogP contribution >= 0.6 is 0 Å². The number of carbonyl (C=O) groups excluding carboxylic acids is 1. The van der Waals surface area contributed by atoms with Gasteiger partial charge in [0.25, 0.3) is 0 Å². The van der Waals surface area contributed by atoms with Gasteiger partial charge in [0.05, 0.1) is 13.0 Å². The Bertz CT molecular complexity index is 659. The third-order valence-corrected chi connectivity index (χ3v) is 3.44. The Morgan fingerprint density at radius 2 is 1.96 bits per heavy atom. The minimum atomic E-state index is -0.543. The zero-order valence-corrected chi connectivity index (χ0v) is 13.4. The van der Waals surface area contributed by atoms with Crippen molar-refractivity contribution in [2.75, 3.05) is 19.0 Å². The van der Waals surface area contributed by atoms with Crippen LogP contribution in [0.5, 0.6) is 0 Å². The number of carbonyl (C=O) groups is 1. The van der Waals surface area contributed by atoms with E-state index in [4.69, 9.17) is 4.74 Å². The number of ether oxygens (including phenoxy) is 1. The van der Waals surface area contributed by atoms with Crippen LogP contribution in [0.1, 0.15) is 37.1 Å². The van der Waals surface area contributed by atoms with Gasteiger partial charge in [-0.25, -0.2) is 14.4 Å². The lowest BCUT2D eigenvalue weighted by Crippen LogP contribution is -2.23. The van der Waals surface area contributed by atoms with Crippen LogP contribution in [-0.4, -0.2) is 29.6 Å². The van der Waals surface area contributed by atoms with Gasteiger partial charge in [-0.2, -0.15) is 0 Å². The molecule has 1 aromatic heterocycles. The van der Waals surface area contributed by atoms with E-state index in [-0.39, 0.29) is 17.7 Å². The molecule has 1 atom stereocenters. The first-order chi connectivity index (χ1) is 11.0. The first-order valence-corrected chi connectivity index (χ1v) is 7.41. The normalized spacial score (nSPS) is 12.0. The highest BCUT2D eigenvalue weighted by atomic mass is 19.1. The van der Waals surface area contributed by atoms with Crippen molar-refractivity contribution in [2.24, 2.45) is 0 Å². The third kappa shape index (κ3) is 4.48. The van der Waals surface area contributed by atoms with Gasteiger partial charge in [-0.15, -0.1) is 0 Å². The van der Waals surface area contributed by atoms with E-state index < -0.39 is 5.92 Å². The predicted octanol–water partition coefficient (Wildman–Crippen LogP) is 3.11. The minimum Gasteiger partial charge on any atom is -0.468 e. The lowest BCUT2D eigenvalue weighted by molar-refractivity contribution is -0.142. The molecule has 1 aromatic carbocycles. The summed E-state index contributed by atoms with van der Waals surface area (Å²) in [5, 5.41) is 3.12. The van der Waals surface area contributed by atoms with E-state index in [9.17, 15) is 9.18 Å². The van der Waals surface area contributed by atoms with Gasteiger partial charge in [0.15, 0.2) is 0 Å². The van der Waals surface area contributed by atoms with Crippen LogP contribution in [0.2, 0.25) is 0 Å². The van der Waals surface area contributed by atoms with Gasteiger partial charge >= 0.3 is 5.97 Å². The molecule has 1 heterocycles. The number of aromatic nitrogens is 2. The van der Waals surface area contributed by atoms with E-state index in [0.29, 0.717) is 17.9 Å². The number of halogens is 1. The number of benzene rings is 1. The van der Waals surface area contributed by atoms with E-state index in [1.54, 1.807) is 24.4 Å². The molecule has 122 valence electrons. The van der Waals surface area contributed by atoms with E-state index in [1.165, 1.54) is 19.2 Å². The second-order valence-corrected chi connectivity index (χ2v) is 5.46. The molecule has 0 fully saturated rings. The lowest BCUT2D eigenvalue weighted by Gasteiger charge is -2.16. The molecule has 6 heteroatoms. The maximum atomic E-state index is 13.1. The Morgan fingerprint density at radius 1 is 1.26 bits per heavy atom. The van der Waals surface area contributed by atoms with Crippen molar-refractivity contribution in [1.82, 2.24) is 9.97 Å². The smallest absolute Gasteiger partial charge is 0.314 e. The molecular weight excluding hydrogens is 297 g/mol. The van der Waals surface area contributed by atoms with Crippen LogP contribution in [0.25, 0.3) is 0 Å². The van der Waals surface area contributed by atoms with Gasteiger partial charge < -0.3 is 10.1 Å². The van der Waals surface area contributed by atoms with Gasteiger partial charge in [0, 0.05) is 18.7 Å².